The van der Waals surface area contributed by atoms with E-state index in [4.69, 9.17) is 63.7 Å². The van der Waals surface area contributed by atoms with Crippen molar-refractivity contribution in [3.63, 3.8) is 0 Å². The minimum Gasteiger partial charge on any atom is -0.465 e. The number of rotatable bonds is 33. The Kier molecular flexibility index (Phi) is 29.2. The molecule has 1 heterocycles. The standard InChI is InChI=1S/C47H73ClN4O19/c1-31(53)52-40-37(67-32(2)54)29-47(44(59)61-8,70-42(40)41(69-34(4)56)38(68-33(3)55)30-51-43(58)35-14-13-15-36(48)28-35)66-19-12-10-9-11-16-39(57)49-17-20-62-22-24-64-26-27-65-25-23-63-21-18-50-45(60)71-46(5,6)7/h13-15,28,37-38,40-42H,9-12,16-27,29-30H2,1-8H3,(H,49,57)(H,50,60)(H,51,58)(H,52,53)/t37-,38+,40+,41+,42+,47+/m0/s1. The Morgan fingerprint density at radius 3 is 1.89 bits per heavy atom. The highest BCUT2D eigenvalue weighted by atomic mass is 35.5. The summed E-state index contributed by atoms with van der Waals surface area (Å²) in [4.78, 5) is 101. The maximum Gasteiger partial charge on any atom is 0.407 e. The second-order valence-electron chi connectivity index (χ2n) is 17.1. The molecule has 4 amide bonds. The molecule has 1 aromatic rings. The number of ether oxygens (including phenoxy) is 11. The number of esters is 4. The maximum atomic E-state index is 13.7. The van der Waals surface area contributed by atoms with Crippen molar-refractivity contribution in [3.05, 3.63) is 34.9 Å². The predicted molar refractivity (Wildman–Crippen MR) is 252 cm³/mol. The monoisotopic (exact) mass is 1030 g/mol. The number of methoxy groups -OCH3 is 1. The first-order valence-corrected chi connectivity index (χ1v) is 23.8. The SMILES string of the molecule is COC(=O)[C@@]1(OCCCCCCC(=O)NCCOCCOCCOCCOCCNC(=O)OC(C)(C)C)C[C@H](OC(C)=O)[C@@H](NC(C)=O)[C@H]([C@H](OC(C)=O)[C@@H](CNC(=O)c2cccc(Cl)c2)OC(C)=O)O1. The third kappa shape index (κ3) is 26.2. The van der Waals surface area contributed by atoms with Crippen LogP contribution >= 0.6 is 11.6 Å². The minimum absolute atomic E-state index is 0.103. The number of hydrogen-bond acceptors (Lipinski definition) is 19. The Labute approximate surface area is 419 Å². The van der Waals surface area contributed by atoms with Gasteiger partial charge in [0.15, 0.2) is 12.2 Å². The summed E-state index contributed by atoms with van der Waals surface area (Å²) in [6, 6.07) is 4.68. The van der Waals surface area contributed by atoms with E-state index in [-0.39, 0.29) is 29.5 Å². The average Bonchev–Trinajstić information content (AvgIpc) is 3.28. The molecule has 0 aliphatic carbocycles. The first-order chi connectivity index (χ1) is 33.7. The number of carbonyl (C=O) groups excluding carboxylic acids is 8. The van der Waals surface area contributed by atoms with E-state index in [1.54, 1.807) is 32.9 Å². The van der Waals surface area contributed by atoms with Gasteiger partial charge in [-0.25, -0.2) is 9.59 Å². The summed E-state index contributed by atoms with van der Waals surface area (Å²) in [5.41, 5.74) is -0.400. The van der Waals surface area contributed by atoms with Gasteiger partial charge in [-0.3, -0.25) is 28.8 Å². The van der Waals surface area contributed by atoms with Gasteiger partial charge in [0.2, 0.25) is 11.8 Å². The van der Waals surface area contributed by atoms with Gasteiger partial charge in [-0.1, -0.05) is 30.5 Å². The van der Waals surface area contributed by atoms with Gasteiger partial charge in [0, 0.05) is 57.8 Å². The highest BCUT2D eigenvalue weighted by Crippen LogP contribution is 2.37. The molecule has 1 saturated heterocycles. The van der Waals surface area contributed by atoms with E-state index < -0.39 is 96.6 Å². The maximum absolute atomic E-state index is 13.7. The largest absolute Gasteiger partial charge is 0.465 e. The van der Waals surface area contributed by atoms with E-state index in [0.29, 0.717) is 91.6 Å². The van der Waals surface area contributed by atoms with E-state index in [1.807, 2.05) is 0 Å². The van der Waals surface area contributed by atoms with E-state index in [0.717, 1.165) is 27.9 Å². The molecule has 6 atom stereocenters. The van der Waals surface area contributed by atoms with Crippen LogP contribution in [-0.2, 0) is 80.9 Å². The van der Waals surface area contributed by atoms with E-state index in [9.17, 15) is 38.4 Å². The van der Waals surface area contributed by atoms with Gasteiger partial charge < -0.3 is 73.4 Å². The Morgan fingerprint density at radius 1 is 0.746 bits per heavy atom. The Morgan fingerprint density at radius 2 is 1.34 bits per heavy atom. The molecular formula is C47H73ClN4O19. The van der Waals surface area contributed by atoms with Gasteiger partial charge in [-0.2, -0.15) is 0 Å². The van der Waals surface area contributed by atoms with Crippen molar-refractivity contribution in [3.8, 4) is 0 Å². The van der Waals surface area contributed by atoms with E-state index in [1.165, 1.54) is 19.1 Å². The molecule has 0 radical (unpaired) electrons. The molecule has 0 aromatic heterocycles. The molecule has 1 aliphatic rings. The number of carbonyl (C=O) groups is 8. The molecule has 0 spiro atoms. The van der Waals surface area contributed by atoms with Crippen molar-refractivity contribution in [1.29, 1.82) is 0 Å². The summed E-state index contributed by atoms with van der Waals surface area (Å²) in [6.07, 6.45) is -4.82. The van der Waals surface area contributed by atoms with Gasteiger partial charge in [-0.15, -0.1) is 0 Å². The number of nitrogens with one attached hydrogen (secondary N) is 4. The molecule has 1 fully saturated rings. The van der Waals surface area contributed by atoms with Crippen LogP contribution in [0.25, 0.3) is 0 Å². The van der Waals surface area contributed by atoms with Crippen LogP contribution in [0.1, 0.15) is 97.3 Å². The van der Waals surface area contributed by atoms with Crippen LogP contribution in [-0.4, -0.2) is 176 Å². The number of hydrogen-bond donors (Lipinski definition) is 4. The molecule has 402 valence electrons. The second kappa shape index (κ2) is 33.5. The summed E-state index contributed by atoms with van der Waals surface area (Å²) in [5, 5.41) is 10.9. The molecule has 0 unspecified atom stereocenters. The molecule has 0 saturated carbocycles. The minimum atomic E-state index is -2.32. The summed E-state index contributed by atoms with van der Waals surface area (Å²) < 4.78 is 61.5. The molecule has 23 nitrogen and oxygen atoms in total. The lowest BCUT2D eigenvalue weighted by Gasteiger charge is -2.48. The number of halogens is 1. The van der Waals surface area contributed by atoms with Crippen LogP contribution in [0.3, 0.4) is 0 Å². The fourth-order valence-electron chi connectivity index (χ4n) is 6.93. The predicted octanol–water partition coefficient (Wildman–Crippen LogP) is 2.70. The normalized spacial score (nSPS) is 18.5. The zero-order chi connectivity index (χ0) is 52.8. The lowest BCUT2D eigenvalue weighted by molar-refractivity contribution is -0.313. The number of unbranched alkanes of at least 4 members (excludes halogenated alkanes) is 3. The topological polar surface area (TPSA) is 286 Å². The van der Waals surface area contributed by atoms with Crippen LogP contribution in [0, 0.1) is 0 Å². The summed E-state index contributed by atoms with van der Waals surface area (Å²) in [5.74, 6) is -7.34. The zero-order valence-corrected chi connectivity index (χ0v) is 42.8. The van der Waals surface area contributed by atoms with Crippen molar-refractivity contribution >= 4 is 59.3 Å². The second-order valence-corrected chi connectivity index (χ2v) is 17.5. The summed E-state index contributed by atoms with van der Waals surface area (Å²) >= 11 is 6.07. The zero-order valence-electron chi connectivity index (χ0n) is 42.1. The van der Waals surface area contributed by atoms with Gasteiger partial charge in [0.25, 0.3) is 11.7 Å². The third-order valence-electron chi connectivity index (χ3n) is 9.83. The van der Waals surface area contributed by atoms with Crippen LogP contribution in [0.15, 0.2) is 24.3 Å². The molecule has 1 aliphatic heterocycles. The fourth-order valence-corrected chi connectivity index (χ4v) is 7.12. The van der Waals surface area contributed by atoms with Crippen molar-refractivity contribution in [2.45, 2.75) is 129 Å². The number of amides is 4. The van der Waals surface area contributed by atoms with Crippen molar-refractivity contribution < 1.29 is 90.5 Å². The number of benzene rings is 1. The van der Waals surface area contributed by atoms with Crippen LogP contribution < -0.4 is 21.3 Å². The van der Waals surface area contributed by atoms with Crippen LogP contribution in [0.2, 0.25) is 5.02 Å². The Balaban J connectivity index is 1.89. The average molecular weight is 1030 g/mol. The van der Waals surface area contributed by atoms with Crippen LogP contribution in [0.4, 0.5) is 4.79 Å². The molecule has 0 bridgehead atoms. The van der Waals surface area contributed by atoms with Gasteiger partial charge in [-0.05, 0) is 51.8 Å². The molecule has 4 N–H and O–H groups in total. The van der Waals surface area contributed by atoms with Gasteiger partial charge in [0.1, 0.15) is 17.8 Å². The van der Waals surface area contributed by atoms with Gasteiger partial charge in [0.05, 0.1) is 85.6 Å². The summed E-state index contributed by atoms with van der Waals surface area (Å²) in [6.45, 7) is 12.7. The molecule has 1 aromatic carbocycles. The fraction of sp³-hybridized carbons (Fsp3) is 0.702. The van der Waals surface area contributed by atoms with Gasteiger partial charge >= 0.3 is 30.0 Å². The lowest BCUT2D eigenvalue weighted by atomic mass is 9.87. The van der Waals surface area contributed by atoms with E-state index in [2.05, 4.69) is 21.3 Å². The van der Waals surface area contributed by atoms with Crippen LogP contribution in [0.5, 0.6) is 0 Å². The smallest absolute Gasteiger partial charge is 0.407 e. The number of alkyl carbamates (subject to hydrolysis) is 1. The Hall–Kier alpha value is -5.17. The summed E-state index contributed by atoms with van der Waals surface area (Å²) in [7, 11) is 1.08. The van der Waals surface area contributed by atoms with E-state index >= 15 is 0 Å². The lowest BCUT2D eigenvalue weighted by Crippen LogP contribution is -2.69. The van der Waals surface area contributed by atoms with Crippen molar-refractivity contribution in [2.24, 2.45) is 0 Å². The quantitative estimate of drug-likeness (QED) is 0.0447. The molecule has 71 heavy (non-hydrogen) atoms. The Bertz CT molecular complexity index is 1850. The molecule has 24 heteroatoms. The highest BCUT2D eigenvalue weighted by Gasteiger charge is 2.59. The van der Waals surface area contributed by atoms with Crippen molar-refractivity contribution in [2.75, 3.05) is 86.2 Å². The first-order valence-electron chi connectivity index (χ1n) is 23.4. The third-order valence-corrected chi connectivity index (χ3v) is 10.1. The molecule has 2 rings (SSSR count). The van der Waals surface area contributed by atoms with Crippen molar-refractivity contribution in [1.82, 2.24) is 21.3 Å². The first kappa shape index (κ1) is 61.9. The molecular weight excluding hydrogens is 960 g/mol. The highest BCUT2D eigenvalue weighted by molar-refractivity contribution is 6.31.